The van der Waals surface area contributed by atoms with E-state index in [1.165, 1.54) is 0 Å². The van der Waals surface area contributed by atoms with Gasteiger partial charge in [-0.2, -0.15) is 0 Å². The van der Waals surface area contributed by atoms with Crippen molar-refractivity contribution < 1.29 is 4.79 Å². The van der Waals surface area contributed by atoms with Gasteiger partial charge in [0.1, 0.15) is 0 Å². The van der Waals surface area contributed by atoms with Crippen LogP contribution in [-0.2, 0) is 0 Å². The van der Waals surface area contributed by atoms with Crippen molar-refractivity contribution in [3.63, 3.8) is 0 Å². The highest BCUT2D eigenvalue weighted by Gasteiger charge is 2.27. The zero-order chi connectivity index (χ0) is 15.0. The van der Waals surface area contributed by atoms with Gasteiger partial charge in [0.05, 0.1) is 0 Å². The first-order chi connectivity index (χ1) is 9.18. The van der Waals surface area contributed by atoms with Crippen molar-refractivity contribution in [3.05, 3.63) is 36.0 Å². The molecular formula is C17H24N2O. The summed E-state index contributed by atoms with van der Waals surface area (Å²) in [4.78, 5) is 15.7. The molecule has 1 heterocycles. The zero-order valence-corrected chi connectivity index (χ0v) is 13.0. The first-order valence-corrected chi connectivity index (χ1v) is 7.07. The SMILES string of the molecule is CC(C)(C)CC(C)(C)NC(=O)c1cccc2[nH]ccc12. The van der Waals surface area contributed by atoms with Crippen molar-refractivity contribution in [2.45, 2.75) is 46.6 Å². The standard InChI is InChI=1S/C17H24N2O/c1-16(2,3)11-17(4,5)19-15(20)13-7-6-8-14-12(13)9-10-18-14/h6-10,18H,11H2,1-5H3,(H,19,20). The molecule has 0 aliphatic rings. The Bertz CT molecular complexity index is 617. The van der Waals surface area contributed by atoms with E-state index >= 15 is 0 Å². The van der Waals surface area contributed by atoms with Gasteiger partial charge in [-0.3, -0.25) is 4.79 Å². The van der Waals surface area contributed by atoms with Gasteiger partial charge in [0.15, 0.2) is 0 Å². The lowest BCUT2D eigenvalue weighted by Crippen LogP contribution is -2.45. The molecule has 20 heavy (non-hydrogen) atoms. The number of fused-ring (bicyclic) bond motifs is 1. The Morgan fingerprint density at radius 1 is 1.15 bits per heavy atom. The Kier molecular flexibility index (Phi) is 3.63. The summed E-state index contributed by atoms with van der Waals surface area (Å²) in [6.45, 7) is 10.7. The van der Waals surface area contributed by atoms with E-state index in [1.54, 1.807) is 0 Å². The quantitative estimate of drug-likeness (QED) is 0.867. The second-order valence-electron chi connectivity index (χ2n) is 7.32. The van der Waals surface area contributed by atoms with Gasteiger partial charge in [0, 0.05) is 28.2 Å². The number of hydrogen-bond donors (Lipinski definition) is 2. The molecule has 0 radical (unpaired) electrons. The zero-order valence-electron chi connectivity index (χ0n) is 13.0. The molecule has 2 aromatic rings. The third kappa shape index (κ3) is 3.41. The molecule has 108 valence electrons. The second kappa shape index (κ2) is 4.97. The van der Waals surface area contributed by atoms with Crippen LogP contribution < -0.4 is 5.32 Å². The molecule has 2 N–H and O–H groups in total. The first-order valence-electron chi connectivity index (χ1n) is 7.07. The van der Waals surface area contributed by atoms with Crippen LogP contribution in [0.2, 0.25) is 0 Å². The molecule has 0 saturated heterocycles. The lowest BCUT2D eigenvalue weighted by Gasteiger charge is -2.33. The number of benzene rings is 1. The molecule has 0 bridgehead atoms. The van der Waals surface area contributed by atoms with Crippen molar-refractivity contribution in [2.75, 3.05) is 0 Å². The number of amides is 1. The highest BCUT2D eigenvalue weighted by molar-refractivity contribution is 6.06. The van der Waals surface area contributed by atoms with Gasteiger partial charge in [-0.05, 0) is 43.9 Å². The molecule has 0 aliphatic heterocycles. The molecule has 0 saturated carbocycles. The molecule has 1 aromatic carbocycles. The van der Waals surface area contributed by atoms with Gasteiger partial charge < -0.3 is 10.3 Å². The molecule has 0 atom stereocenters. The van der Waals surface area contributed by atoms with Crippen LogP contribution in [0.25, 0.3) is 10.9 Å². The average molecular weight is 272 g/mol. The maximum Gasteiger partial charge on any atom is 0.252 e. The number of carbonyl (C=O) groups is 1. The number of aromatic amines is 1. The molecule has 0 fully saturated rings. The molecule has 0 aliphatic carbocycles. The fraction of sp³-hybridized carbons (Fsp3) is 0.471. The maximum absolute atomic E-state index is 12.5. The van der Waals surface area contributed by atoms with Crippen LogP contribution in [0.15, 0.2) is 30.5 Å². The summed E-state index contributed by atoms with van der Waals surface area (Å²) in [7, 11) is 0. The average Bonchev–Trinajstić information content (AvgIpc) is 2.71. The smallest absolute Gasteiger partial charge is 0.252 e. The minimum atomic E-state index is -0.228. The normalized spacial score (nSPS) is 12.7. The second-order valence-corrected chi connectivity index (χ2v) is 7.32. The molecule has 1 aromatic heterocycles. The molecule has 0 unspecified atom stereocenters. The maximum atomic E-state index is 12.5. The summed E-state index contributed by atoms with van der Waals surface area (Å²) in [5.41, 5.74) is 1.67. The van der Waals surface area contributed by atoms with Crippen LogP contribution in [0.5, 0.6) is 0 Å². The van der Waals surface area contributed by atoms with Gasteiger partial charge in [-0.1, -0.05) is 26.8 Å². The van der Waals surface area contributed by atoms with Gasteiger partial charge in [0.25, 0.3) is 5.91 Å². The highest BCUT2D eigenvalue weighted by atomic mass is 16.1. The molecule has 1 amide bonds. The lowest BCUT2D eigenvalue weighted by atomic mass is 9.81. The van der Waals surface area contributed by atoms with Crippen LogP contribution in [0.4, 0.5) is 0 Å². The van der Waals surface area contributed by atoms with E-state index in [2.05, 4.69) is 44.9 Å². The van der Waals surface area contributed by atoms with E-state index in [9.17, 15) is 4.79 Å². The van der Waals surface area contributed by atoms with E-state index in [0.717, 1.165) is 22.9 Å². The summed E-state index contributed by atoms with van der Waals surface area (Å²) < 4.78 is 0. The van der Waals surface area contributed by atoms with Crippen LogP contribution in [0.1, 0.15) is 51.4 Å². The molecule has 3 heteroatoms. The Balaban J connectivity index is 2.22. The van der Waals surface area contributed by atoms with E-state index in [1.807, 2.05) is 30.5 Å². The van der Waals surface area contributed by atoms with E-state index in [-0.39, 0.29) is 16.9 Å². The van der Waals surface area contributed by atoms with Crippen molar-refractivity contribution in [1.82, 2.24) is 10.3 Å². The fourth-order valence-electron chi connectivity index (χ4n) is 3.03. The number of rotatable bonds is 3. The number of hydrogen-bond acceptors (Lipinski definition) is 1. The Labute approximate surface area is 120 Å². The Morgan fingerprint density at radius 2 is 1.85 bits per heavy atom. The summed E-state index contributed by atoms with van der Waals surface area (Å²) in [6.07, 6.45) is 2.79. The van der Waals surface area contributed by atoms with Crippen molar-refractivity contribution >= 4 is 16.8 Å². The number of H-pyrrole nitrogens is 1. The third-order valence-corrected chi connectivity index (χ3v) is 3.26. The van der Waals surface area contributed by atoms with Crippen LogP contribution in [0, 0.1) is 5.41 Å². The highest BCUT2D eigenvalue weighted by Crippen LogP contribution is 2.27. The van der Waals surface area contributed by atoms with Crippen molar-refractivity contribution in [3.8, 4) is 0 Å². The van der Waals surface area contributed by atoms with Gasteiger partial charge in [0.2, 0.25) is 0 Å². The predicted molar refractivity (Wildman–Crippen MR) is 83.9 cm³/mol. The minimum Gasteiger partial charge on any atom is -0.361 e. The van der Waals surface area contributed by atoms with Crippen molar-refractivity contribution in [1.29, 1.82) is 0 Å². The molecule has 0 spiro atoms. The first kappa shape index (κ1) is 14.6. The topological polar surface area (TPSA) is 44.9 Å². The largest absolute Gasteiger partial charge is 0.361 e. The monoisotopic (exact) mass is 272 g/mol. The van der Waals surface area contributed by atoms with Crippen LogP contribution in [0.3, 0.4) is 0 Å². The van der Waals surface area contributed by atoms with Gasteiger partial charge in [-0.15, -0.1) is 0 Å². The predicted octanol–water partition coefficient (Wildman–Crippen LogP) is 4.11. The van der Waals surface area contributed by atoms with Gasteiger partial charge in [-0.25, -0.2) is 0 Å². The summed E-state index contributed by atoms with van der Waals surface area (Å²) in [5.74, 6) is -0.00977. The molecule has 2 rings (SSSR count). The molecule has 3 nitrogen and oxygen atoms in total. The number of nitrogens with one attached hydrogen (secondary N) is 2. The Morgan fingerprint density at radius 3 is 2.50 bits per heavy atom. The van der Waals surface area contributed by atoms with E-state index in [4.69, 9.17) is 0 Å². The van der Waals surface area contributed by atoms with Crippen LogP contribution in [-0.4, -0.2) is 16.4 Å². The van der Waals surface area contributed by atoms with E-state index < -0.39 is 0 Å². The minimum absolute atomic E-state index is 0.00977. The summed E-state index contributed by atoms with van der Waals surface area (Å²) >= 11 is 0. The number of aromatic nitrogens is 1. The fourth-order valence-corrected chi connectivity index (χ4v) is 3.03. The van der Waals surface area contributed by atoms with Crippen LogP contribution >= 0.6 is 0 Å². The van der Waals surface area contributed by atoms with E-state index in [0.29, 0.717) is 0 Å². The third-order valence-electron chi connectivity index (χ3n) is 3.26. The summed E-state index contributed by atoms with van der Waals surface area (Å²) in [5, 5.41) is 4.13. The van der Waals surface area contributed by atoms with Gasteiger partial charge >= 0.3 is 0 Å². The molecular weight excluding hydrogens is 248 g/mol. The number of carbonyl (C=O) groups excluding carboxylic acids is 1. The summed E-state index contributed by atoms with van der Waals surface area (Å²) in [6, 6.07) is 7.70. The lowest BCUT2D eigenvalue weighted by molar-refractivity contribution is 0.0893. The van der Waals surface area contributed by atoms with Crippen molar-refractivity contribution in [2.24, 2.45) is 5.41 Å². The Hall–Kier alpha value is -1.77.